The van der Waals surface area contributed by atoms with Gasteiger partial charge in [-0.05, 0) is 0 Å². The fourth-order valence-corrected chi connectivity index (χ4v) is 1.27. The lowest BCUT2D eigenvalue weighted by atomic mass is 9.24. The second kappa shape index (κ2) is 3.63. The minimum Gasteiger partial charge on any atom is -0.481 e. The number of hydrogen-bond donors (Lipinski definition) is 2. The second-order valence-electron chi connectivity index (χ2n) is 4.78. The molecular weight excluding hydrogens is 183 g/mol. The lowest BCUT2D eigenvalue weighted by Gasteiger charge is -2.34. The van der Waals surface area contributed by atoms with Crippen LogP contribution in [0.15, 0.2) is 0 Å². The van der Waals surface area contributed by atoms with Gasteiger partial charge in [0.25, 0.3) is 0 Å². The zero-order valence-corrected chi connectivity index (χ0v) is 9.29. The molecule has 0 heterocycles. The van der Waals surface area contributed by atoms with Gasteiger partial charge in [-0.15, -0.1) is 0 Å². The van der Waals surface area contributed by atoms with Gasteiger partial charge in [-0.25, -0.2) is 0 Å². The molecule has 0 fully saturated rings. The third-order valence-electron chi connectivity index (χ3n) is 3.27. The summed E-state index contributed by atoms with van der Waals surface area (Å²) in [7, 11) is 0. The van der Waals surface area contributed by atoms with E-state index in [-0.39, 0.29) is 0 Å². The van der Waals surface area contributed by atoms with Crippen molar-refractivity contribution in [1.29, 1.82) is 0 Å². The monoisotopic (exact) mass is 200 g/mol. The van der Waals surface area contributed by atoms with Gasteiger partial charge in [-0.3, -0.25) is 9.59 Å². The van der Waals surface area contributed by atoms with Crippen LogP contribution >= 0.6 is 0 Å². The van der Waals surface area contributed by atoms with Gasteiger partial charge in [0.05, 0.1) is 0 Å². The maximum absolute atomic E-state index is 10.9. The number of carboxylic acid groups (broad SMARTS) is 2. The fraction of sp³-hybridized carbons (Fsp3) is 0.778. The maximum Gasteiger partial charge on any atom is 0.301 e. The average Bonchev–Trinajstić information content (AvgIpc) is 2.02. The lowest BCUT2D eigenvalue weighted by Crippen LogP contribution is -2.43. The summed E-state index contributed by atoms with van der Waals surface area (Å²) >= 11 is 0. The molecule has 0 spiro atoms. The van der Waals surface area contributed by atoms with E-state index < -0.39 is 29.3 Å². The summed E-state index contributed by atoms with van der Waals surface area (Å²) < 4.78 is 0. The highest BCUT2D eigenvalue weighted by Gasteiger charge is 2.49. The van der Waals surface area contributed by atoms with E-state index in [0.717, 1.165) is 0 Å². The van der Waals surface area contributed by atoms with Crippen LogP contribution in [0.2, 0.25) is 17.5 Å². The molecule has 5 heteroatoms. The summed E-state index contributed by atoms with van der Waals surface area (Å²) in [6.45, 7) is 7.39. The third kappa shape index (κ3) is 2.08. The zero-order chi connectivity index (χ0) is 11.7. The predicted molar refractivity (Wildman–Crippen MR) is 55.0 cm³/mol. The summed E-state index contributed by atoms with van der Waals surface area (Å²) in [4.78, 5) is 21.9. The zero-order valence-electron chi connectivity index (χ0n) is 9.29. The number of hydrogen-bond acceptors (Lipinski definition) is 2. The van der Waals surface area contributed by atoms with Crippen molar-refractivity contribution in [2.45, 2.75) is 45.1 Å². The Labute approximate surface area is 84.4 Å². The van der Waals surface area contributed by atoms with Crippen LogP contribution in [0.3, 0.4) is 0 Å². The first-order valence-electron chi connectivity index (χ1n) is 4.51. The molecular formula is C9H17BO4. The lowest BCUT2D eigenvalue weighted by molar-refractivity contribution is -0.140. The van der Waals surface area contributed by atoms with Gasteiger partial charge >= 0.3 is 11.9 Å². The van der Waals surface area contributed by atoms with Crippen LogP contribution in [0.5, 0.6) is 0 Å². The second-order valence-corrected chi connectivity index (χ2v) is 4.78. The van der Waals surface area contributed by atoms with E-state index in [4.69, 9.17) is 10.2 Å². The first-order valence-corrected chi connectivity index (χ1v) is 4.51. The van der Waals surface area contributed by atoms with E-state index >= 15 is 0 Å². The van der Waals surface area contributed by atoms with Crippen molar-refractivity contribution in [2.24, 2.45) is 0 Å². The summed E-state index contributed by atoms with van der Waals surface area (Å²) in [5.41, 5.74) is 0. The average molecular weight is 200 g/mol. The molecule has 2 N–H and O–H groups in total. The molecule has 0 aromatic rings. The molecule has 14 heavy (non-hydrogen) atoms. The van der Waals surface area contributed by atoms with E-state index in [1.807, 2.05) is 0 Å². The first kappa shape index (κ1) is 13.0. The van der Waals surface area contributed by atoms with Crippen molar-refractivity contribution in [1.82, 2.24) is 0 Å². The maximum atomic E-state index is 10.9. The van der Waals surface area contributed by atoms with Crippen molar-refractivity contribution in [2.75, 3.05) is 0 Å². The normalized spacial score (nSPS) is 12.4. The predicted octanol–water partition coefficient (Wildman–Crippen LogP) is 1.84. The summed E-state index contributed by atoms with van der Waals surface area (Å²) in [5.74, 6) is -1.95. The number of rotatable bonds is 4. The molecule has 0 saturated carbocycles. The summed E-state index contributed by atoms with van der Waals surface area (Å²) in [5, 5.41) is 15.8. The highest BCUT2D eigenvalue weighted by molar-refractivity contribution is 6.71. The van der Waals surface area contributed by atoms with Gasteiger partial charge in [0.15, 0.2) is 6.71 Å². The SMILES string of the molecule is CB(C(C)(C)C(=O)O)C(C)(C)C(=O)O. The Morgan fingerprint density at radius 1 is 0.929 bits per heavy atom. The highest BCUT2D eigenvalue weighted by atomic mass is 16.4. The van der Waals surface area contributed by atoms with Crippen LogP contribution in [0, 0.1) is 0 Å². The topological polar surface area (TPSA) is 74.6 Å². The molecule has 0 aliphatic heterocycles. The van der Waals surface area contributed by atoms with Gasteiger partial charge in [-0.2, -0.15) is 0 Å². The quantitative estimate of drug-likeness (QED) is 0.679. The Bertz CT molecular complexity index is 232. The van der Waals surface area contributed by atoms with E-state index in [1.165, 1.54) is 0 Å². The van der Waals surface area contributed by atoms with Gasteiger partial charge < -0.3 is 10.2 Å². The van der Waals surface area contributed by atoms with Gasteiger partial charge in [0.1, 0.15) is 0 Å². The van der Waals surface area contributed by atoms with Crippen molar-refractivity contribution in [3.05, 3.63) is 0 Å². The van der Waals surface area contributed by atoms with Gasteiger partial charge in [0, 0.05) is 10.6 Å². The molecule has 0 atom stereocenters. The number of carbonyl (C=O) groups is 2. The number of aliphatic carboxylic acids is 2. The largest absolute Gasteiger partial charge is 0.481 e. The molecule has 80 valence electrons. The van der Waals surface area contributed by atoms with Crippen LogP contribution in [0.4, 0.5) is 0 Å². The Balaban J connectivity index is 5.04. The van der Waals surface area contributed by atoms with Gasteiger partial charge in [0.2, 0.25) is 0 Å². The van der Waals surface area contributed by atoms with Crippen LogP contribution in [0.1, 0.15) is 27.7 Å². The van der Waals surface area contributed by atoms with Crippen LogP contribution in [-0.4, -0.2) is 28.9 Å². The van der Waals surface area contributed by atoms with Crippen molar-refractivity contribution in [3.8, 4) is 0 Å². The minimum absolute atomic E-state index is 0.454. The molecule has 0 aliphatic rings. The van der Waals surface area contributed by atoms with Crippen LogP contribution in [0.25, 0.3) is 0 Å². The molecule has 0 aromatic heterocycles. The van der Waals surface area contributed by atoms with E-state index in [0.29, 0.717) is 0 Å². The van der Waals surface area contributed by atoms with Crippen LogP contribution < -0.4 is 0 Å². The Hall–Kier alpha value is -0.995. The Kier molecular flexibility index (Phi) is 3.37. The molecule has 4 nitrogen and oxygen atoms in total. The third-order valence-corrected chi connectivity index (χ3v) is 3.27. The van der Waals surface area contributed by atoms with Crippen molar-refractivity contribution < 1.29 is 19.8 Å². The van der Waals surface area contributed by atoms with E-state index in [2.05, 4.69) is 0 Å². The van der Waals surface area contributed by atoms with E-state index in [1.54, 1.807) is 34.5 Å². The number of carboxylic acids is 2. The Morgan fingerprint density at radius 3 is 1.29 bits per heavy atom. The standard InChI is InChI=1S/C9H17BO4/c1-8(2,6(11)12)10(5)9(3,4)7(13)14/h1-5H3,(H,11,12)(H,13,14). The van der Waals surface area contributed by atoms with Crippen molar-refractivity contribution in [3.63, 3.8) is 0 Å². The molecule has 0 rings (SSSR count). The summed E-state index contributed by atoms with van der Waals surface area (Å²) in [6, 6.07) is 0. The molecule has 0 aromatic carbocycles. The van der Waals surface area contributed by atoms with E-state index in [9.17, 15) is 9.59 Å². The minimum atomic E-state index is -1.04. The first-order chi connectivity index (χ1) is 6.04. The van der Waals surface area contributed by atoms with Gasteiger partial charge in [-0.1, -0.05) is 34.5 Å². The van der Waals surface area contributed by atoms with Crippen LogP contribution in [-0.2, 0) is 9.59 Å². The Morgan fingerprint density at radius 2 is 1.14 bits per heavy atom. The molecule has 0 unspecified atom stereocenters. The molecule has 0 saturated heterocycles. The highest BCUT2D eigenvalue weighted by Crippen LogP contribution is 2.42. The molecule has 0 radical (unpaired) electrons. The summed E-state index contributed by atoms with van der Waals surface area (Å²) in [6.07, 6.45) is 0. The smallest absolute Gasteiger partial charge is 0.301 e. The molecule has 0 aliphatic carbocycles. The fourth-order valence-electron chi connectivity index (χ4n) is 1.27. The van der Waals surface area contributed by atoms with Crippen molar-refractivity contribution >= 4 is 18.7 Å². The molecule has 0 amide bonds. The molecule has 0 bridgehead atoms.